The molecule has 0 aromatic heterocycles. The topological polar surface area (TPSA) is 50.8 Å². The Morgan fingerprint density at radius 3 is 2.61 bits per heavy atom. The number of ether oxygens (including phenoxy) is 2. The Bertz CT molecular complexity index is 468. The quantitative estimate of drug-likeness (QED) is 0.794. The number of rotatable bonds is 8. The molecule has 0 atom stereocenters. The van der Waals surface area contributed by atoms with Crippen molar-refractivity contribution in [2.75, 3.05) is 46.5 Å². The van der Waals surface area contributed by atoms with Crippen molar-refractivity contribution < 1.29 is 14.3 Å². The van der Waals surface area contributed by atoms with Crippen molar-refractivity contribution in [1.82, 2.24) is 10.2 Å². The molecule has 1 aromatic rings. The Morgan fingerprint density at radius 1 is 1.26 bits per heavy atom. The highest BCUT2D eigenvalue weighted by Crippen LogP contribution is 2.16. The van der Waals surface area contributed by atoms with Crippen molar-refractivity contribution in [3.63, 3.8) is 0 Å². The van der Waals surface area contributed by atoms with E-state index in [2.05, 4.69) is 10.2 Å². The fourth-order valence-corrected chi connectivity index (χ4v) is 2.73. The summed E-state index contributed by atoms with van der Waals surface area (Å²) >= 11 is 0. The Labute approximate surface area is 139 Å². The highest BCUT2D eigenvalue weighted by atomic mass is 16.5. The number of amides is 1. The maximum absolute atomic E-state index is 11.9. The highest BCUT2D eigenvalue weighted by Gasteiger charge is 2.19. The van der Waals surface area contributed by atoms with Gasteiger partial charge in [0.2, 0.25) is 0 Å². The number of methoxy groups -OCH3 is 1. The van der Waals surface area contributed by atoms with Gasteiger partial charge in [0, 0.05) is 20.2 Å². The SMILES string of the molecule is COCCN1CCC(CNC(=O)COc2ccc(C)cc2)CC1. The third-order valence-corrected chi connectivity index (χ3v) is 4.30. The van der Waals surface area contributed by atoms with Crippen LogP contribution in [0.15, 0.2) is 24.3 Å². The molecule has 0 unspecified atom stereocenters. The lowest BCUT2D eigenvalue weighted by molar-refractivity contribution is -0.123. The molecule has 23 heavy (non-hydrogen) atoms. The van der Waals surface area contributed by atoms with E-state index in [1.165, 1.54) is 5.56 Å². The molecule has 1 fully saturated rings. The Hall–Kier alpha value is -1.59. The predicted molar refractivity (Wildman–Crippen MR) is 90.7 cm³/mol. The van der Waals surface area contributed by atoms with Crippen molar-refractivity contribution in [2.45, 2.75) is 19.8 Å². The van der Waals surface area contributed by atoms with Crippen LogP contribution in [0.5, 0.6) is 5.75 Å². The molecule has 0 radical (unpaired) electrons. The molecule has 1 saturated heterocycles. The molecule has 128 valence electrons. The van der Waals surface area contributed by atoms with Crippen LogP contribution in [0.4, 0.5) is 0 Å². The van der Waals surface area contributed by atoms with Crippen LogP contribution >= 0.6 is 0 Å². The number of carbonyl (C=O) groups excluding carboxylic acids is 1. The molecule has 0 aliphatic carbocycles. The van der Waals surface area contributed by atoms with Crippen LogP contribution in [0, 0.1) is 12.8 Å². The van der Waals surface area contributed by atoms with Crippen LogP contribution in [0.2, 0.25) is 0 Å². The number of hydrogen-bond donors (Lipinski definition) is 1. The molecule has 0 bridgehead atoms. The minimum Gasteiger partial charge on any atom is -0.484 e. The Kier molecular flexibility index (Phi) is 7.36. The fraction of sp³-hybridized carbons (Fsp3) is 0.611. The van der Waals surface area contributed by atoms with Crippen molar-refractivity contribution >= 4 is 5.91 Å². The number of hydrogen-bond acceptors (Lipinski definition) is 4. The summed E-state index contributed by atoms with van der Waals surface area (Å²) in [6, 6.07) is 7.73. The number of benzene rings is 1. The molecule has 2 rings (SSSR count). The third kappa shape index (κ3) is 6.59. The number of nitrogens with zero attached hydrogens (tertiary/aromatic N) is 1. The zero-order chi connectivity index (χ0) is 16.5. The zero-order valence-corrected chi connectivity index (χ0v) is 14.2. The van der Waals surface area contributed by atoms with Crippen LogP contribution in [-0.2, 0) is 9.53 Å². The summed E-state index contributed by atoms with van der Waals surface area (Å²) < 4.78 is 10.6. The number of piperidine rings is 1. The van der Waals surface area contributed by atoms with Crippen LogP contribution in [0.25, 0.3) is 0 Å². The molecule has 1 heterocycles. The summed E-state index contributed by atoms with van der Waals surface area (Å²) in [6.45, 7) is 6.81. The average Bonchev–Trinajstić information content (AvgIpc) is 2.58. The highest BCUT2D eigenvalue weighted by molar-refractivity contribution is 5.77. The van der Waals surface area contributed by atoms with Crippen LogP contribution in [0.1, 0.15) is 18.4 Å². The van der Waals surface area contributed by atoms with Gasteiger partial charge < -0.3 is 19.7 Å². The Balaban J connectivity index is 1.59. The van der Waals surface area contributed by atoms with E-state index in [-0.39, 0.29) is 12.5 Å². The van der Waals surface area contributed by atoms with Gasteiger partial charge in [-0.3, -0.25) is 4.79 Å². The lowest BCUT2D eigenvalue weighted by Gasteiger charge is -2.31. The van der Waals surface area contributed by atoms with Gasteiger partial charge in [0.15, 0.2) is 6.61 Å². The van der Waals surface area contributed by atoms with Gasteiger partial charge in [0.05, 0.1) is 6.61 Å². The van der Waals surface area contributed by atoms with Crippen LogP contribution in [-0.4, -0.2) is 57.3 Å². The van der Waals surface area contributed by atoms with Gasteiger partial charge in [-0.2, -0.15) is 0 Å². The standard InChI is InChI=1S/C18H28N2O3/c1-15-3-5-17(6-4-15)23-14-18(21)19-13-16-7-9-20(10-8-16)11-12-22-2/h3-6,16H,7-14H2,1-2H3,(H,19,21). The van der Waals surface area contributed by atoms with Gasteiger partial charge in [-0.25, -0.2) is 0 Å². The van der Waals surface area contributed by atoms with E-state index in [0.29, 0.717) is 5.92 Å². The first-order chi connectivity index (χ1) is 11.2. The number of likely N-dealkylation sites (tertiary alicyclic amines) is 1. The minimum absolute atomic E-state index is 0.0487. The van der Waals surface area contributed by atoms with Gasteiger partial charge in [0.1, 0.15) is 5.75 Å². The number of carbonyl (C=O) groups is 1. The van der Waals surface area contributed by atoms with Crippen molar-refractivity contribution in [3.05, 3.63) is 29.8 Å². The molecular formula is C18H28N2O3. The largest absolute Gasteiger partial charge is 0.484 e. The molecule has 1 amide bonds. The summed E-state index contributed by atoms with van der Waals surface area (Å²) in [5.74, 6) is 1.25. The maximum atomic E-state index is 11.9. The van der Waals surface area contributed by atoms with E-state index in [9.17, 15) is 4.79 Å². The monoisotopic (exact) mass is 320 g/mol. The van der Waals surface area contributed by atoms with E-state index in [4.69, 9.17) is 9.47 Å². The molecular weight excluding hydrogens is 292 g/mol. The van der Waals surface area contributed by atoms with E-state index in [1.54, 1.807) is 7.11 Å². The fourth-order valence-electron chi connectivity index (χ4n) is 2.73. The molecule has 1 N–H and O–H groups in total. The van der Waals surface area contributed by atoms with Crippen molar-refractivity contribution in [1.29, 1.82) is 0 Å². The number of nitrogens with one attached hydrogen (secondary N) is 1. The second-order valence-corrected chi connectivity index (χ2v) is 6.18. The normalized spacial score (nSPS) is 16.3. The Morgan fingerprint density at radius 2 is 1.96 bits per heavy atom. The summed E-state index contributed by atoms with van der Waals surface area (Å²) in [4.78, 5) is 14.3. The summed E-state index contributed by atoms with van der Waals surface area (Å²) in [7, 11) is 1.74. The molecule has 1 aliphatic rings. The van der Waals surface area contributed by atoms with Gasteiger partial charge in [-0.1, -0.05) is 17.7 Å². The predicted octanol–water partition coefficient (Wildman–Crippen LogP) is 1.85. The van der Waals surface area contributed by atoms with Gasteiger partial charge in [0.25, 0.3) is 5.91 Å². The van der Waals surface area contributed by atoms with E-state index >= 15 is 0 Å². The first-order valence-electron chi connectivity index (χ1n) is 8.35. The van der Waals surface area contributed by atoms with Crippen molar-refractivity contribution in [2.24, 2.45) is 5.92 Å². The summed E-state index contributed by atoms with van der Waals surface area (Å²) in [6.07, 6.45) is 2.26. The first kappa shape index (κ1) is 17.8. The van der Waals surface area contributed by atoms with Gasteiger partial charge in [-0.05, 0) is 50.9 Å². The second kappa shape index (κ2) is 9.53. The number of aryl methyl sites for hydroxylation is 1. The molecule has 1 aromatic carbocycles. The minimum atomic E-state index is -0.0487. The van der Waals surface area contributed by atoms with Gasteiger partial charge in [-0.15, -0.1) is 0 Å². The average molecular weight is 320 g/mol. The first-order valence-corrected chi connectivity index (χ1v) is 8.35. The van der Waals surface area contributed by atoms with E-state index in [0.717, 1.165) is 51.4 Å². The summed E-state index contributed by atoms with van der Waals surface area (Å²) in [5.41, 5.74) is 1.18. The van der Waals surface area contributed by atoms with E-state index < -0.39 is 0 Å². The molecule has 0 spiro atoms. The maximum Gasteiger partial charge on any atom is 0.257 e. The summed E-state index contributed by atoms with van der Waals surface area (Å²) in [5, 5.41) is 2.98. The van der Waals surface area contributed by atoms with Crippen molar-refractivity contribution in [3.8, 4) is 5.75 Å². The second-order valence-electron chi connectivity index (χ2n) is 6.18. The molecule has 0 saturated carbocycles. The lowest BCUT2D eigenvalue weighted by Crippen LogP contribution is -2.40. The lowest BCUT2D eigenvalue weighted by atomic mass is 9.97. The smallest absolute Gasteiger partial charge is 0.257 e. The van der Waals surface area contributed by atoms with Crippen LogP contribution < -0.4 is 10.1 Å². The molecule has 5 nitrogen and oxygen atoms in total. The molecule has 5 heteroatoms. The zero-order valence-electron chi connectivity index (χ0n) is 14.2. The van der Waals surface area contributed by atoms with Crippen LogP contribution in [0.3, 0.4) is 0 Å². The van der Waals surface area contributed by atoms with E-state index in [1.807, 2.05) is 31.2 Å². The van der Waals surface area contributed by atoms with Gasteiger partial charge >= 0.3 is 0 Å². The third-order valence-electron chi connectivity index (χ3n) is 4.30. The molecule has 1 aliphatic heterocycles.